The zero-order valence-electron chi connectivity index (χ0n) is 22.3. The van der Waals surface area contributed by atoms with Crippen LogP contribution in [0.1, 0.15) is 50.4 Å². The van der Waals surface area contributed by atoms with Gasteiger partial charge < -0.3 is 29.1 Å². The van der Waals surface area contributed by atoms with Gasteiger partial charge in [0.2, 0.25) is 0 Å². The van der Waals surface area contributed by atoms with Gasteiger partial charge in [-0.15, -0.1) is 0 Å². The second-order valence-electron chi connectivity index (χ2n) is 10.8. The third-order valence-electron chi connectivity index (χ3n) is 7.82. The number of anilines is 2. The number of carbonyl (C=O) groups excluding carboxylic acids is 1. The molecule has 2 amide bonds. The predicted octanol–water partition coefficient (Wildman–Crippen LogP) is 4.62. The van der Waals surface area contributed by atoms with Crippen LogP contribution >= 0.6 is 0 Å². The van der Waals surface area contributed by atoms with Crippen molar-refractivity contribution in [2.24, 2.45) is 0 Å². The maximum atomic E-state index is 14.9. The molecule has 2 aromatic heterocycles. The largest absolute Gasteiger partial charge is 0.485 e. The summed E-state index contributed by atoms with van der Waals surface area (Å²) in [6.45, 7) is 7.62. The first kappa shape index (κ1) is 25.5. The molecule has 1 spiro atoms. The Hall–Kier alpha value is -3.73. The quantitative estimate of drug-likeness (QED) is 0.515. The predicted molar refractivity (Wildman–Crippen MR) is 143 cm³/mol. The van der Waals surface area contributed by atoms with Gasteiger partial charge in [-0.05, 0) is 36.6 Å². The summed E-state index contributed by atoms with van der Waals surface area (Å²) >= 11 is 0. The molecule has 3 aliphatic heterocycles. The number of urea groups is 1. The summed E-state index contributed by atoms with van der Waals surface area (Å²) in [6, 6.07) is 6.99. The van der Waals surface area contributed by atoms with Crippen molar-refractivity contribution in [3.63, 3.8) is 0 Å². The second kappa shape index (κ2) is 10.4. The number of ether oxygens (including phenoxy) is 2. The van der Waals surface area contributed by atoms with E-state index in [-0.39, 0.29) is 23.2 Å². The molecule has 0 bridgehead atoms. The van der Waals surface area contributed by atoms with Crippen molar-refractivity contribution < 1.29 is 23.2 Å². The van der Waals surface area contributed by atoms with E-state index in [1.165, 1.54) is 6.07 Å². The molecule has 1 N–H and O–H groups in total. The summed E-state index contributed by atoms with van der Waals surface area (Å²) < 4.78 is 32.2. The normalized spacial score (nSPS) is 18.7. The van der Waals surface area contributed by atoms with Crippen LogP contribution in [-0.4, -0.2) is 71.0 Å². The number of aromatic nitrogens is 3. The molecule has 1 aromatic carbocycles. The third kappa shape index (κ3) is 5.27. The molecule has 2 saturated heterocycles. The summed E-state index contributed by atoms with van der Waals surface area (Å²) in [4.78, 5) is 25.3. The summed E-state index contributed by atoms with van der Waals surface area (Å²) in [6.07, 6.45) is 5.22. The van der Waals surface area contributed by atoms with Gasteiger partial charge in [-0.25, -0.2) is 9.18 Å². The van der Waals surface area contributed by atoms with Gasteiger partial charge in [0, 0.05) is 50.5 Å². The Balaban J connectivity index is 1.10. The third-order valence-corrected chi connectivity index (χ3v) is 7.82. The van der Waals surface area contributed by atoms with E-state index in [0.29, 0.717) is 43.6 Å². The van der Waals surface area contributed by atoms with Gasteiger partial charge >= 0.3 is 12.0 Å². The number of hydrogen-bond acceptors (Lipinski definition) is 8. The summed E-state index contributed by atoms with van der Waals surface area (Å²) in [5.41, 5.74) is 2.29. The minimum absolute atomic E-state index is 0.144. The Morgan fingerprint density at radius 3 is 2.62 bits per heavy atom. The first-order valence-corrected chi connectivity index (χ1v) is 13.6. The molecule has 5 heterocycles. The number of morpholine rings is 1. The van der Waals surface area contributed by atoms with Crippen LogP contribution in [0.25, 0.3) is 11.3 Å². The van der Waals surface area contributed by atoms with Crippen molar-refractivity contribution in [3.05, 3.63) is 47.7 Å². The van der Waals surface area contributed by atoms with Crippen molar-refractivity contribution >= 4 is 17.7 Å². The Morgan fingerprint density at radius 1 is 1.10 bits per heavy atom. The summed E-state index contributed by atoms with van der Waals surface area (Å²) in [5, 5.41) is 6.74. The lowest BCUT2D eigenvalue weighted by Gasteiger charge is -2.44. The van der Waals surface area contributed by atoms with Gasteiger partial charge in [-0.2, -0.15) is 4.98 Å². The Bertz CT molecular complexity index is 1350. The zero-order chi connectivity index (χ0) is 27.0. The van der Waals surface area contributed by atoms with E-state index in [0.717, 1.165) is 55.9 Å². The number of fused-ring (bicyclic) bond motifs is 1. The highest BCUT2D eigenvalue weighted by Crippen LogP contribution is 2.41. The molecule has 206 valence electrons. The molecule has 11 heteroatoms. The standard InChI is InChI=1S/C28H33FN6O4/c1-18(2)25-32-27(39-33-25)35-9-7-28(8-10-35)6-5-20-16-23(30-17-24(20)38-28)19-3-4-22(21(29)15-19)31-26(36)34-11-13-37-14-12-34/h3-4,15-18H,5-14H2,1-2H3,(H,31,36). The Morgan fingerprint density at radius 2 is 1.90 bits per heavy atom. The molecular weight excluding hydrogens is 503 g/mol. The molecule has 39 heavy (non-hydrogen) atoms. The van der Waals surface area contributed by atoms with Crippen LogP contribution < -0.4 is 15.0 Å². The minimum atomic E-state index is -0.502. The van der Waals surface area contributed by atoms with E-state index in [9.17, 15) is 9.18 Å². The number of amides is 2. The molecule has 3 aromatic rings. The fourth-order valence-electron chi connectivity index (χ4n) is 5.36. The maximum absolute atomic E-state index is 14.9. The SMILES string of the molecule is CC(C)c1noc(N2CCC3(CCc4cc(-c5ccc(NC(=O)N6CCOCC6)c(F)c5)ncc4O3)CC2)n1. The van der Waals surface area contributed by atoms with Gasteiger partial charge in [-0.1, -0.05) is 25.1 Å². The average Bonchev–Trinajstić information content (AvgIpc) is 3.46. The van der Waals surface area contributed by atoms with Crippen molar-refractivity contribution in [1.82, 2.24) is 20.0 Å². The number of carbonyl (C=O) groups is 1. The highest BCUT2D eigenvalue weighted by atomic mass is 19.1. The Kier molecular flexibility index (Phi) is 6.84. The van der Waals surface area contributed by atoms with Gasteiger partial charge in [0.25, 0.3) is 0 Å². The highest BCUT2D eigenvalue weighted by Gasteiger charge is 2.40. The monoisotopic (exact) mass is 536 g/mol. The molecule has 6 rings (SSSR count). The van der Waals surface area contributed by atoms with Crippen LogP contribution in [0.5, 0.6) is 5.75 Å². The van der Waals surface area contributed by atoms with E-state index < -0.39 is 5.82 Å². The number of aryl methyl sites for hydroxylation is 1. The first-order chi connectivity index (χ1) is 18.9. The number of halogens is 1. The van der Waals surface area contributed by atoms with E-state index in [2.05, 4.69) is 25.3 Å². The number of piperidine rings is 1. The number of benzene rings is 1. The number of rotatable bonds is 4. The van der Waals surface area contributed by atoms with Crippen LogP contribution in [0.4, 0.5) is 20.9 Å². The van der Waals surface area contributed by atoms with E-state index in [4.69, 9.17) is 14.0 Å². The number of hydrogen-bond donors (Lipinski definition) is 1. The van der Waals surface area contributed by atoms with Gasteiger partial charge in [0.1, 0.15) is 17.2 Å². The van der Waals surface area contributed by atoms with E-state index >= 15 is 0 Å². The molecular formula is C28H33FN6O4. The molecule has 3 aliphatic rings. The molecule has 0 saturated carbocycles. The van der Waals surface area contributed by atoms with Crippen LogP contribution in [0.2, 0.25) is 0 Å². The molecule has 0 radical (unpaired) electrons. The lowest BCUT2D eigenvalue weighted by molar-refractivity contribution is 0.0213. The molecule has 0 atom stereocenters. The number of nitrogens with one attached hydrogen (secondary N) is 1. The van der Waals surface area contributed by atoms with E-state index in [1.54, 1.807) is 23.2 Å². The van der Waals surface area contributed by atoms with Crippen LogP contribution in [-0.2, 0) is 11.2 Å². The highest BCUT2D eigenvalue weighted by molar-refractivity contribution is 5.89. The van der Waals surface area contributed by atoms with Gasteiger partial charge in [0.15, 0.2) is 5.82 Å². The van der Waals surface area contributed by atoms with Crippen molar-refractivity contribution in [2.75, 3.05) is 49.6 Å². The summed E-state index contributed by atoms with van der Waals surface area (Å²) in [7, 11) is 0. The van der Waals surface area contributed by atoms with Crippen LogP contribution in [0.15, 0.2) is 35.0 Å². The first-order valence-electron chi connectivity index (χ1n) is 13.6. The second-order valence-corrected chi connectivity index (χ2v) is 10.8. The minimum Gasteiger partial charge on any atom is -0.485 e. The van der Waals surface area contributed by atoms with Crippen LogP contribution in [0, 0.1) is 5.82 Å². The number of nitrogens with zero attached hydrogens (tertiary/aromatic N) is 5. The van der Waals surface area contributed by atoms with Crippen molar-refractivity contribution in [2.45, 2.75) is 51.0 Å². The molecule has 10 nitrogen and oxygen atoms in total. The smallest absolute Gasteiger partial charge is 0.324 e. The van der Waals surface area contributed by atoms with Gasteiger partial charge in [-0.3, -0.25) is 4.98 Å². The lowest BCUT2D eigenvalue weighted by Crippen LogP contribution is -2.50. The van der Waals surface area contributed by atoms with E-state index in [1.807, 2.05) is 19.9 Å². The van der Waals surface area contributed by atoms with Crippen molar-refractivity contribution in [3.8, 4) is 17.0 Å². The summed E-state index contributed by atoms with van der Waals surface area (Å²) in [5.74, 6) is 1.23. The molecule has 0 aliphatic carbocycles. The van der Waals surface area contributed by atoms with Gasteiger partial charge in [0.05, 0.1) is 30.8 Å². The average molecular weight is 537 g/mol. The lowest BCUT2D eigenvalue weighted by atomic mass is 9.83. The topological polar surface area (TPSA) is 106 Å². The van der Waals surface area contributed by atoms with Crippen molar-refractivity contribution in [1.29, 1.82) is 0 Å². The maximum Gasteiger partial charge on any atom is 0.324 e. The fourth-order valence-corrected chi connectivity index (χ4v) is 5.36. The Labute approximate surface area is 226 Å². The molecule has 0 unspecified atom stereocenters. The van der Waals surface area contributed by atoms with Crippen LogP contribution in [0.3, 0.4) is 0 Å². The molecule has 2 fully saturated rings. The fraction of sp³-hybridized carbons (Fsp3) is 0.500. The zero-order valence-corrected chi connectivity index (χ0v) is 22.3. The number of pyridine rings is 1.